The van der Waals surface area contributed by atoms with E-state index >= 15 is 0 Å². The smallest absolute Gasteiger partial charge is 0.254 e. The second-order valence-corrected chi connectivity index (χ2v) is 10.1. The van der Waals surface area contributed by atoms with Crippen LogP contribution in [-0.2, 0) is 0 Å². The Labute approximate surface area is 220 Å². The lowest BCUT2D eigenvalue weighted by atomic mass is 9.99. The number of nitrogens with zero attached hydrogens (tertiary/aromatic N) is 4. The first-order chi connectivity index (χ1) is 18.0. The Bertz CT molecular complexity index is 1280. The molecule has 3 aromatic rings. The van der Waals surface area contributed by atoms with Crippen LogP contribution in [0.3, 0.4) is 0 Å². The predicted molar refractivity (Wildman–Crippen MR) is 150 cm³/mol. The van der Waals surface area contributed by atoms with Gasteiger partial charge in [0, 0.05) is 62.2 Å². The molecule has 0 unspecified atom stereocenters. The van der Waals surface area contributed by atoms with Crippen LogP contribution in [0.15, 0.2) is 66.7 Å². The van der Waals surface area contributed by atoms with Crippen molar-refractivity contribution in [1.29, 1.82) is 5.26 Å². The highest BCUT2D eigenvalue weighted by molar-refractivity contribution is 5.97. The summed E-state index contributed by atoms with van der Waals surface area (Å²) in [5, 5.41) is 13.2. The van der Waals surface area contributed by atoms with Gasteiger partial charge >= 0.3 is 0 Å². The SMILES string of the molecule is Cc1cc(C)c(C(=O)N2CCN(c3ccccc3C#N)CC2)cc1NC1CCN(c2ccccc2)CC1. The number of piperazine rings is 1. The van der Waals surface area contributed by atoms with Crippen molar-refractivity contribution in [3.05, 3.63) is 89.0 Å². The van der Waals surface area contributed by atoms with Crippen molar-refractivity contribution in [1.82, 2.24) is 4.90 Å². The van der Waals surface area contributed by atoms with Gasteiger partial charge in [0.1, 0.15) is 6.07 Å². The van der Waals surface area contributed by atoms with Crippen molar-refractivity contribution in [2.45, 2.75) is 32.7 Å². The van der Waals surface area contributed by atoms with Crippen LogP contribution in [0.2, 0.25) is 0 Å². The number of hydrogen-bond acceptors (Lipinski definition) is 5. The van der Waals surface area contributed by atoms with E-state index in [1.165, 1.54) is 11.3 Å². The minimum Gasteiger partial charge on any atom is -0.382 e. The molecular formula is C31H35N5O. The maximum absolute atomic E-state index is 13.6. The molecule has 2 aliphatic heterocycles. The Morgan fingerprint density at radius 2 is 1.51 bits per heavy atom. The Balaban J connectivity index is 1.23. The summed E-state index contributed by atoms with van der Waals surface area (Å²) in [5.41, 5.74) is 6.96. The number of nitriles is 1. The zero-order chi connectivity index (χ0) is 25.8. The molecule has 6 nitrogen and oxygen atoms in total. The fourth-order valence-corrected chi connectivity index (χ4v) is 5.54. The number of amides is 1. The average Bonchev–Trinajstić information content (AvgIpc) is 2.95. The van der Waals surface area contributed by atoms with E-state index in [0.29, 0.717) is 24.7 Å². The first-order valence-corrected chi connectivity index (χ1v) is 13.2. The standard InChI is InChI=1S/C31H35N5O/c1-23-20-24(2)29(33-26-12-14-34(15-13-26)27-9-4-3-5-10-27)21-28(23)31(37)36-18-16-35(17-19-36)30-11-7-6-8-25(30)22-32/h3-11,20-21,26,33H,12-19H2,1-2H3. The van der Waals surface area contributed by atoms with E-state index in [1.807, 2.05) is 36.1 Å². The second-order valence-electron chi connectivity index (χ2n) is 10.1. The molecule has 37 heavy (non-hydrogen) atoms. The molecule has 2 aliphatic rings. The van der Waals surface area contributed by atoms with E-state index in [9.17, 15) is 10.1 Å². The third-order valence-corrected chi connectivity index (χ3v) is 7.71. The second kappa shape index (κ2) is 11.0. The van der Waals surface area contributed by atoms with Gasteiger partial charge in [-0.05, 0) is 68.1 Å². The van der Waals surface area contributed by atoms with Crippen LogP contribution in [0.5, 0.6) is 0 Å². The summed E-state index contributed by atoms with van der Waals surface area (Å²) >= 11 is 0. The average molecular weight is 494 g/mol. The maximum atomic E-state index is 13.6. The van der Waals surface area contributed by atoms with E-state index in [1.54, 1.807) is 0 Å². The van der Waals surface area contributed by atoms with Crippen LogP contribution in [0, 0.1) is 25.2 Å². The molecule has 0 bridgehead atoms. The van der Waals surface area contributed by atoms with Gasteiger partial charge in [-0.1, -0.05) is 36.4 Å². The molecule has 3 aromatic carbocycles. The molecule has 2 heterocycles. The number of carbonyl (C=O) groups excluding carboxylic acids is 1. The number of anilines is 3. The predicted octanol–water partition coefficient (Wildman–Crippen LogP) is 5.22. The lowest BCUT2D eigenvalue weighted by Crippen LogP contribution is -2.49. The summed E-state index contributed by atoms with van der Waals surface area (Å²) in [4.78, 5) is 20.2. The molecule has 1 amide bonds. The minimum absolute atomic E-state index is 0.0904. The van der Waals surface area contributed by atoms with Crippen molar-refractivity contribution < 1.29 is 4.79 Å². The van der Waals surface area contributed by atoms with Gasteiger partial charge in [0.15, 0.2) is 0 Å². The maximum Gasteiger partial charge on any atom is 0.254 e. The molecule has 0 radical (unpaired) electrons. The molecule has 0 atom stereocenters. The van der Waals surface area contributed by atoms with Crippen molar-refractivity contribution in [2.75, 3.05) is 54.4 Å². The van der Waals surface area contributed by atoms with E-state index in [0.717, 1.165) is 61.5 Å². The molecule has 6 heteroatoms. The van der Waals surface area contributed by atoms with Gasteiger partial charge in [0.05, 0.1) is 11.3 Å². The topological polar surface area (TPSA) is 62.6 Å². The highest BCUT2D eigenvalue weighted by Crippen LogP contribution is 2.27. The largest absolute Gasteiger partial charge is 0.382 e. The van der Waals surface area contributed by atoms with E-state index < -0.39 is 0 Å². The van der Waals surface area contributed by atoms with Crippen LogP contribution in [-0.4, -0.2) is 56.1 Å². The summed E-state index contributed by atoms with van der Waals surface area (Å²) in [6.07, 6.45) is 2.13. The fourth-order valence-electron chi connectivity index (χ4n) is 5.54. The number of rotatable bonds is 5. The normalized spacial score (nSPS) is 16.4. The summed E-state index contributed by atoms with van der Waals surface area (Å²) < 4.78 is 0. The molecule has 0 saturated carbocycles. The van der Waals surface area contributed by atoms with Crippen LogP contribution >= 0.6 is 0 Å². The molecule has 2 saturated heterocycles. The Morgan fingerprint density at radius 3 is 2.22 bits per heavy atom. The van der Waals surface area contributed by atoms with Crippen molar-refractivity contribution >= 4 is 23.0 Å². The number of hydrogen-bond donors (Lipinski definition) is 1. The van der Waals surface area contributed by atoms with E-state index in [2.05, 4.69) is 70.6 Å². The van der Waals surface area contributed by atoms with Gasteiger partial charge in [-0.2, -0.15) is 5.26 Å². The highest BCUT2D eigenvalue weighted by atomic mass is 16.2. The van der Waals surface area contributed by atoms with Crippen LogP contribution in [0.1, 0.15) is 39.9 Å². The molecule has 0 aliphatic carbocycles. The number of piperidine rings is 1. The fraction of sp³-hybridized carbons (Fsp3) is 0.355. The van der Waals surface area contributed by atoms with Crippen LogP contribution < -0.4 is 15.1 Å². The molecule has 5 rings (SSSR count). The highest BCUT2D eigenvalue weighted by Gasteiger charge is 2.26. The van der Waals surface area contributed by atoms with Gasteiger partial charge in [-0.15, -0.1) is 0 Å². The number of nitrogens with one attached hydrogen (secondary N) is 1. The summed E-state index contributed by atoms with van der Waals surface area (Å²) in [5.74, 6) is 0.0904. The Morgan fingerprint density at radius 1 is 0.838 bits per heavy atom. The van der Waals surface area contributed by atoms with Gasteiger partial charge in [-0.25, -0.2) is 0 Å². The summed E-state index contributed by atoms with van der Waals surface area (Å²) in [7, 11) is 0. The van der Waals surface area contributed by atoms with E-state index in [-0.39, 0.29) is 5.91 Å². The number of para-hydroxylation sites is 2. The molecule has 1 N–H and O–H groups in total. The molecule has 2 fully saturated rings. The lowest BCUT2D eigenvalue weighted by Gasteiger charge is -2.37. The zero-order valence-corrected chi connectivity index (χ0v) is 21.8. The van der Waals surface area contributed by atoms with Gasteiger partial charge < -0.3 is 20.0 Å². The number of benzene rings is 3. The quantitative estimate of drug-likeness (QED) is 0.528. The summed E-state index contributed by atoms with van der Waals surface area (Å²) in [6.45, 7) is 8.94. The van der Waals surface area contributed by atoms with E-state index in [4.69, 9.17) is 0 Å². The zero-order valence-electron chi connectivity index (χ0n) is 21.8. The van der Waals surface area contributed by atoms with Crippen molar-refractivity contribution in [3.8, 4) is 6.07 Å². The van der Waals surface area contributed by atoms with Gasteiger partial charge in [-0.3, -0.25) is 4.79 Å². The molecular weight excluding hydrogens is 458 g/mol. The number of carbonyl (C=O) groups is 1. The summed E-state index contributed by atoms with van der Waals surface area (Å²) in [6, 6.07) is 25.2. The molecule has 0 aromatic heterocycles. The molecule has 0 spiro atoms. The lowest BCUT2D eigenvalue weighted by molar-refractivity contribution is 0.0746. The monoisotopic (exact) mass is 493 g/mol. The Kier molecular flexibility index (Phi) is 7.32. The van der Waals surface area contributed by atoms with Gasteiger partial charge in [0.25, 0.3) is 5.91 Å². The van der Waals surface area contributed by atoms with Crippen molar-refractivity contribution in [2.24, 2.45) is 0 Å². The molecule has 190 valence electrons. The van der Waals surface area contributed by atoms with Crippen molar-refractivity contribution in [3.63, 3.8) is 0 Å². The third kappa shape index (κ3) is 5.41. The van der Waals surface area contributed by atoms with Crippen LogP contribution in [0.25, 0.3) is 0 Å². The third-order valence-electron chi connectivity index (χ3n) is 7.71. The Hall–Kier alpha value is -3.98. The first kappa shape index (κ1) is 24.7. The van der Waals surface area contributed by atoms with Crippen LogP contribution in [0.4, 0.5) is 17.1 Å². The first-order valence-electron chi connectivity index (χ1n) is 13.2. The van der Waals surface area contributed by atoms with Gasteiger partial charge in [0.2, 0.25) is 0 Å². The minimum atomic E-state index is 0.0904. The number of aryl methyl sites for hydroxylation is 2.